The van der Waals surface area contributed by atoms with Crippen LogP contribution in [-0.4, -0.2) is 12.0 Å². The Kier molecular flexibility index (Phi) is 3.87. The van der Waals surface area contributed by atoms with Gasteiger partial charge in [-0.15, -0.1) is 0 Å². The number of hydrogen-bond donors (Lipinski definition) is 1. The van der Waals surface area contributed by atoms with E-state index in [-0.39, 0.29) is 11.4 Å². The molecule has 0 saturated carbocycles. The number of nitro groups is 1. The van der Waals surface area contributed by atoms with Crippen molar-refractivity contribution in [2.24, 2.45) is 0 Å². The molecule has 0 radical (unpaired) electrons. The van der Waals surface area contributed by atoms with Crippen molar-refractivity contribution in [1.82, 2.24) is 0 Å². The third-order valence-corrected chi connectivity index (χ3v) is 2.74. The summed E-state index contributed by atoms with van der Waals surface area (Å²) in [6.07, 6.45) is 0. The summed E-state index contributed by atoms with van der Waals surface area (Å²) in [5, 5.41) is 14.5. The first-order valence-electron chi connectivity index (χ1n) is 5.50. The highest BCUT2D eigenvalue weighted by molar-refractivity contribution is 6.30. The molecular weight excluding hydrogens is 268 g/mol. The fourth-order valence-corrected chi connectivity index (χ4v) is 1.75. The summed E-state index contributed by atoms with van der Waals surface area (Å²) in [6.45, 7) is 0. The van der Waals surface area contributed by atoms with Crippen LogP contribution in [0.3, 0.4) is 0 Å². The Balaban J connectivity index is 2.39. The van der Waals surface area contributed by atoms with E-state index in [4.69, 9.17) is 16.3 Å². The van der Waals surface area contributed by atoms with Gasteiger partial charge in [-0.2, -0.15) is 0 Å². The predicted molar refractivity (Wildman–Crippen MR) is 74.2 cm³/mol. The summed E-state index contributed by atoms with van der Waals surface area (Å²) in [5.41, 5.74) is 0.302. The number of para-hydroxylation sites is 1. The van der Waals surface area contributed by atoms with Gasteiger partial charge in [-0.3, -0.25) is 10.1 Å². The van der Waals surface area contributed by atoms with Crippen LogP contribution in [0.4, 0.5) is 11.4 Å². The lowest BCUT2D eigenvalue weighted by molar-refractivity contribution is -0.384. The highest BCUT2D eigenvalue weighted by atomic mass is 35.5. The molecular formula is C13H11ClN2O3. The number of nitrogens with zero attached hydrogens (tertiary/aromatic N) is 1. The molecule has 0 atom stereocenters. The van der Waals surface area contributed by atoms with Crippen LogP contribution in [0.15, 0.2) is 42.5 Å². The smallest absolute Gasteiger partial charge is 0.334 e. The molecule has 0 fully saturated rings. The van der Waals surface area contributed by atoms with E-state index in [9.17, 15) is 10.1 Å². The van der Waals surface area contributed by atoms with Crippen LogP contribution in [0.2, 0.25) is 5.02 Å². The lowest BCUT2D eigenvalue weighted by Crippen LogP contribution is -1.99. The van der Waals surface area contributed by atoms with Crippen LogP contribution in [0.1, 0.15) is 0 Å². The van der Waals surface area contributed by atoms with E-state index in [0.29, 0.717) is 16.5 Å². The van der Waals surface area contributed by atoms with Gasteiger partial charge in [0.15, 0.2) is 0 Å². The van der Waals surface area contributed by atoms with Crippen LogP contribution in [-0.2, 0) is 0 Å². The Morgan fingerprint density at radius 2 is 1.89 bits per heavy atom. The first kappa shape index (κ1) is 13.2. The molecule has 0 bridgehead atoms. The van der Waals surface area contributed by atoms with Gasteiger partial charge in [-0.05, 0) is 36.4 Å². The van der Waals surface area contributed by atoms with Gasteiger partial charge in [0.2, 0.25) is 5.75 Å². The highest BCUT2D eigenvalue weighted by Crippen LogP contribution is 2.37. The largest absolute Gasteiger partial charge is 0.450 e. The van der Waals surface area contributed by atoms with Crippen molar-refractivity contribution in [3.8, 4) is 11.5 Å². The molecule has 0 heterocycles. The molecule has 1 N–H and O–H groups in total. The Hall–Kier alpha value is -2.27. The van der Waals surface area contributed by atoms with Crippen molar-refractivity contribution in [2.75, 3.05) is 12.4 Å². The van der Waals surface area contributed by atoms with E-state index >= 15 is 0 Å². The van der Waals surface area contributed by atoms with Gasteiger partial charge in [0.1, 0.15) is 11.4 Å². The molecule has 0 aromatic heterocycles. The zero-order valence-corrected chi connectivity index (χ0v) is 10.8. The summed E-state index contributed by atoms with van der Waals surface area (Å²) in [6, 6.07) is 11.5. The minimum absolute atomic E-state index is 0.0973. The molecule has 19 heavy (non-hydrogen) atoms. The van der Waals surface area contributed by atoms with Gasteiger partial charge in [0.05, 0.1) is 4.92 Å². The van der Waals surface area contributed by atoms with Crippen molar-refractivity contribution < 1.29 is 9.66 Å². The van der Waals surface area contributed by atoms with Gasteiger partial charge in [-0.25, -0.2) is 0 Å². The second-order valence-corrected chi connectivity index (χ2v) is 4.15. The number of hydrogen-bond acceptors (Lipinski definition) is 4. The average molecular weight is 279 g/mol. The van der Waals surface area contributed by atoms with E-state index in [1.165, 1.54) is 0 Å². The molecule has 0 aliphatic carbocycles. The number of halogens is 1. The summed E-state index contributed by atoms with van der Waals surface area (Å²) in [4.78, 5) is 10.6. The van der Waals surface area contributed by atoms with Crippen molar-refractivity contribution >= 4 is 23.0 Å². The van der Waals surface area contributed by atoms with Crippen molar-refractivity contribution in [1.29, 1.82) is 0 Å². The molecule has 5 nitrogen and oxygen atoms in total. The molecule has 0 aliphatic rings. The second-order valence-electron chi connectivity index (χ2n) is 3.72. The minimum atomic E-state index is -0.475. The lowest BCUT2D eigenvalue weighted by Gasteiger charge is -2.09. The van der Waals surface area contributed by atoms with Gasteiger partial charge in [-0.1, -0.05) is 17.7 Å². The van der Waals surface area contributed by atoms with Gasteiger partial charge in [0, 0.05) is 12.1 Å². The monoisotopic (exact) mass is 278 g/mol. The quantitative estimate of drug-likeness (QED) is 0.676. The number of anilines is 1. The maximum Gasteiger partial charge on any atom is 0.334 e. The Morgan fingerprint density at radius 3 is 2.47 bits per heavy atom. The summed E-state index contributed by atoms with van der Waals surface area (Å²) in [5.74, 6) is 0.667. The Bertz CT molecular complexity index is 599. The second kappa shape index (κ2) is 5.58. The summed E-state index contributed by atoms with van der Waals surface area (Å²) >= 11 is 5.77. The van der Waals surface area contributed by atoms with Gasteiger partial charge < -0.3 is 10.1 Å². The molecule has 0 amide bonds. The standard InChI is InChI=1S/C13H11ClN2O3/c1-15-11-3-2-4-12(13(11)16(17)18)19-10-7-5-9(14)6-8-10/h2-8,15H,1H3. The van der Waals surface area contributed by atoms with Crippen molar-refractivity contribution in [3.05, 3.63) is 57.6 Å². The first-order valence-corrected chi connectivity index (χ1v) is 5.88. The Labute approximate surface area is 114 Å². The van der Waals surface area contributed by atoms with E-state index in [1.54, 1.807) is 49.5 Å². The molecule has 0 saturated heterocycles. The SMILES string of the molecule is CNc1cccc(Oc2ccc(Cl)cc2)c1[N+](=O)[O-]. The van der Waals surface area contributed by atoms with E-state index in [2.05, 4.69) is 5.32 Å². The normalized spacial score (nSPS) is 10.0. The Morgan fingerprint density at radius 1 is 1.21 bits per heavy atom. The minimum Gasteiger partial charge on any atom is -0.450 e. The highest BCUT2D eigenvalue weighted by Gasteiger charge is 2.20. The van der Waals surface area contributed by atoms with Crippen LogP contribution in [0.5, 0.6) is 11.5 Å². The molecule has 2 rings (SSSR count). The van der Waals surface area contributed by atoms with E-state index in [1.807, 2.05) is 0 Å². The predicted octanol–water partition coefficient (Wildman–Crippen LogP) is 4.08. The van der Waals surface area contributed by atoms with E-state index in [0.717, 1.165) is 0 Å². The van der Waals surface area contributed by atoms with Crippen LogP contribution in [0.25, 0.3) is 0 Å². The number of nitro benzene ring substituents is 1. The molecule has 0 spiro atoms. The van der Waals surface area contributed by atoms with Gasteiger partial charge in [0.25, 0.3) is 0 Å². The zero-order chi connectivity index (χ0) is 13.8. The molecule has 2 aromatic rings. The van der Waals surface area contributed by atoms with Crippen LogP contribution >= 0.6 is 11.6 Å². The van der Waals surface area contributed by atoms with Crippen molar-refractivity contribution in [3.63, 3.8) is 0 Å². The number of nitrogens with one attached hydrogen (secondary N) is 1. The third-order valence-electron chi connectivity index (χ3n) is 2.49. The molecule has 2 aromatic carbocycles. The van der Waals surface area contributed by atoms with Crippen molar-refractivity contribution in [2.45, 2.75) is 0 Å². The van der Waals surface area contributed by atoms with Crippen LogP contribution in [0, 0.1) is 10.1 Å². The molecule has 6 heteroatoms. The van der Waals surface area contributed by atoms with Crippen LogP contribution < -0.4 is 10.1 Å². The first-order chi connectivity index (χ1) is 9.11. The molecule has 0 unspecified atom stereocenters. The third kappa shape index (κ3) is 2.95. The maximum absolute atomic E-state index is 11.1. The fourth-order valence-electron chi connectivity index (χ4n) is 1.62. The number of rotatable bonds is 4. The average Bonchev–Trinajstić information content (AvgIpc) is 2.40. The zero-order valence-electron chi connectivity index (χ0n) is 10.1. The maximum atomic E-state index is 11.1. The van der Waals surface area contributed by atoms with Gasteiger partial charge >= 0.3 is 5.69 Å². The van der Waals surface area contributed by atoms with E-state index < -0.39 is 4.92 Å². The summed E-state index contributed by atoms with van der Waals surface area (Å²) in [7, 11) is 1.62. The molecule has 98 valence electrons. The number of benzene rings is 2. The number of ether oxygens (including phenoxy) is 1. The topological polar surface area (TPSA) is 64.4 Å². The molecule has 0 aliphatic heterocycles. The lowest BCUT2D eigenvalue weighted by atomic mass is 10.2. The summed E-state index contributed by atoms with van der Waals surface area (Å²) < 4.78 is 5.53. The fraction of sp³-hybridized carbons (Fsp3) is 0.0769.